The third kappa shape index (κ3) is 3.19. The molecule has 1 fully saturated rings. The SMILES string of the molecule is NCCc1nnc(N2CCC(CC(N)=O)CC2)o1. The van der Waals surface area contributed by atoms with Crippen LogP contribution < -0.4 is 16.4 Å². The molecule has 0 saturated carbocycles. The molecule has 1 aliphatic rings. The molecule has 1 aromatic heterocycles. The van der Waals surface area contributed by atoms with Gasteiger partial charge in [0.2, 0.25) is 11.8 Å². The van der Waals surface area contributed by atoms with Crippen molar-refractivity contribution in [3.05, 3.63) is 5.89 Å². The number of aromatic nitrogens is 2. The van der Waals surface area contributed by atoms with Gasteiger partial charge in [0.1, 0.15) is 0 Å². The van der Waals surface area contributed by atoms with E-state index < -0.39 is 0 Å². The van der Waals surface area contributed by atoms with Gasteiger partial charge < -0.3 is 20.8 Å². The predicted octanol–water partition coefficient (Wildman–Crippen LogP) is -0.337. The van der Waals surface area contributed by atoms with Gasteiger partial charge in [0, 0.05) is 32.5 Å². The van der Waals surface area contributed by atoms with Gasteiger partial charge in [-0.05, 0) is 18.8 Å². The third-order valence-electron chi connectivity index (χ3n) is 3.19. The van der Waals surface area contributed by atoms with Crippen molar-refractivity contribution in [1.82, 2.24) is 10.2 Å². The van der Waals surface area contributed by atoms with Gasteiger partial charge in [-0.1, -0.05) is 5.10 Å². The van der Waals surface area contributed by atoms with E-state index in [1.165, 1.54) is 0 Å². The molecule has 18 heavy (non-hydrogen) atoms. The lowest BCUT2D eigenvalue weighted by molar-refractivity contribution is -0.119. The average Bonchev–Trinajstić information content (AvgIpc) is 2.78. The fraction of sp³-hybridized carbons (Fsp3) is 0.727. The van der Waals surface area contributed by atoms with Crippen LogP contribution in [0.4, 0.5) is 6.01 Å². The number of primary amides is 1. The first-order chi connectivity index (χ1) is 8.69. The van der Waals surface area contributed by atoms with Crippen molar-refractivity contribution < 1.29 is 9.21 Å². The standard InChI is InChI=1S/C11H19N5O2/c12-4-1-10-14-15-11(18-10)16-5-2-8(3-6-16)7-9(13)17/h8H,1-7,12H2,(H2,13,17). The second-order valence-corrected chi connectivity index (χ2v) is 4.62. The molecular weight excluding hydrogens is 234 g/mol. The monoisotopic (exact) mass is 253 g/mol. The van der Waals surface area contributed by atoms with E-state index in [1.54, 1.807) is 0 Å². The molecule has 0 unspecified atom stereocenters. The summed E-state index contributed by atoms with van der Waals surface area (Å²) in [6, 6.07) is 0.552. The fourth-order valence-corrected chi connectivity index (χ4v) is 2.21. The maximum atomic E-state index is 10.9. The zero-order chi connectivity index (χ0) is 13.0. The molecule has 7 heteroatoms. The summed E-state index contributed by atoms with van der Waals surface area (Å²) in [7, 11) is 0. The van der Waals surface area contributed by atoms with Crippen LogP contribution in [0.5, 0.6) is 0 Å². The molecule has 4 N–H and O–H groups in total. The van der Waals surface area contributed by atoms with E-state index in [9.17, 15) is 4.79 Å². The molecule has 0 aliphatic carbocycles. The molecule has 1 aromatic rings. The molecule has 7 nitrogen and oxygen atoms in total. The van der Waals surface area contributed by atoms with Gasteiger partial charge in [0.05, 0.1) is 0 Å². The molecule has 0 radical (unpaired) electrons. The Kier molecular flexibility index (Phi) is 4.14. The number of anilines is 1. The van der Waals surface area contributed by atoms with Crippen molar-refractivity contribution in [2.24, 2.45) is 17.4 Å². The Bertz CT molecular complexity index is 398. The maximum Gasteiger partial charge on any atom is 0.318 e. The summed E-state index contributed by atoms with van der Waals surface area (Å²) in [4.78, 5) is 12.9. The number of nitrogens with zero attached hydrogens (tertiary/aromatic N) is 3. The first kappa shape index (κ1) is 12.8. The second kappa shape index (κ2) is 5.81. The van der Waals surface area contributed by atoms with Crippen molar-refractivity contribution in [1.29, 1.82) is 0 Å². The maximum absolute atomic E-state index is 10.9. The van der Waals surface area contributed by atoms with Crippen molar-refractivity contribution >= 4 is 11.9 Å². The quantitative estimate of drug-likeness (QED) is 0.742. The highest BCUT2D eigenvalue weighted by Gasteiger charge is 2.23. The zero-order valence-electron chi connectivity index (χ0n) is 10.3. The molecule has 100 valence electrons. The van der Waals surface area contributed by atoms with Crippen LogP contribution in [-0.4, -0.2) is 35.7 Å². The van der Waals surface area contributed by atoms with E-state index in [4.69, 9.17) is 15.9 Å². The highest BCUT2D eigenvalue weighted by atomic mass is 16.4. The predicted molar refractivity (Wildman–Crippen MR) is 65.8 cm³/mol. The van der Waals surface area contributed by atoms with Gasteiger partial charge in [0.25, 0.3) is 0 Å². The van der Waals surface area contributed by atoms with Crippen molar-refractivity contribution in [3.63, 3.8) is 0 Å². The fourth-order valence-electron chi connectivity index (χ4n) is 2.21. The van der Waals surface area contributed by atoms with E-state index in [-0.39, 0.29) is 5.91 Å². The number of hydrogen-bond acceptors (Lipinski definition) is 6. The molecule has 0 aromatic carbocycles. The first-order valence-corrected chi connectivity index (χ1v) is 6.24. The van der Waals surface area contributed by atoms with E-state index >= 15 is 0 Å². The zero-order valence-corrected chi connectivity index (χ0v) is 10.3. The number of rotatable bonds is 5. The van der Waals surface area contributed by atoms with Crippen LogP contribution in [0.15, 0.2) is 4.42 Å². The van der Waals surface area contributed by atoms with Gasteiger partial charge >= 0.3 is 6.01 Å². The molecule has 2 heterocycles. The Labute approximate surface area is 106 Å². The number of amides is 1. The molecule has 1 amide bonds. The Balaban J connectivity index is 1.86. The van der Waals surface area contributed by atoms with Gasteiger partial charge in [-0.15, -0.1) is 5.10 Å². The summed E-state index contributed by atoms with van der Waals surface area (Å²) in [5.74, 6) is 0.730. The lowest BCUT2D eigenvalue weighted by atomic mass is 9.93. The molecule has 1 aliphatic heterocycles. The highest BCUT2D eigenvalue weighted by Crippen LogP contribution is 2.24. The molecule has 2 rings (SSSR count). The van der Waals surface area contributed by atoms with Crippen LogP contribution in [0, 0.1) is 5.92 Å². The van der Waals surface area contributed by atoms with E-state index in [0.29, 0.717) is 37.2 Å². The van der Waals surface area contributed by atoms with Gasteiger partial charge in [0.15, 0.2) is 0 Å². The van der Waals surface area contributed by atoms with Crippen LogP contribution in [-0.2, 0) is 11.2 Å². The molecule has 1 saturated heterocycles. The van der Waals surface area contributed by atoms with Crippen LogP contribution in [0.25, 0.3) is 0 Å². The summed E-state index contributed by atoms with van der Waals surface area (Å²) >= 11 is 0. The molecule has 0 atom stereocenters. The van der Waals surface area contributed by atoms with Crippen molar-refractivity contribution in [2.75, 3.05) is 24.5 Å². The number of carbonyl (C=O) groups is 1. The minimum absolute atomic E-state index is 0.225. The Morgan fingerprint density at radius 3 is 2.72 bits per heavy atom. The van der Waals surface area contributed by atoms with Crippen LogP contribution >= 0.6 is 0 Å². The summed E-state index contributed by atoms with van der Waals surface area (Å²) < 4.78 is 5.51. The minimum atomic E-state index is -0.225. The van der Waals surface area contributed by atoms with Gasteiger partial charge in [-0.2, -0.15) is 0 Å². The summed E-state index contributed by atoms with van der Waals surface area (Å²) in [6.45, 7) is 2.15. The summed E-state index contributed by atoms with van der Waals surface area (Å²) in [5.41, 5.74) is 10.6. The highest BCUT2D eigenvalue weighted by molar-refractivity contribution is 5.74. The number of piperidine rings is 1. The van der Waals surface area contributed by atoms with E-state index in [0.717, 1.165) is 25.9 Å². The molecule has 0 spiro atoms. The van der Waals surface area contributed by atoms with Crippen molar-refractivity contribution in [3.8, 4) is 0 Å². The lowest BCUT2D eigenvalue weighted by Gasteiger charge is -2.29. The Hall–Kier alpha value is -1.63. The second-order valence-electron chi connectivity index (χ2n) is 4.62. The number of carbonyl (C=O) groups excluding carboxylic acids is 1. The summed E-state index contributed by atoms with van der Waals surface area (Å²) in [5, 5.41) is 7.94. The lowest BCUT2D eigenvalue weighted by Crippen LogP contribution is -2.35. The van der Waals surface area contributed by atoms with Crippen LogP contribution in [0.1, 0.15) is 25.2 Å². The van der Waals surface area contributed by atoms with Gasteiger partial charge in [-0.25, -0.2) is 0 Å². The van der Waals surface area contributed by atoms with Gasteiger partial charge in [-0.3, -0.25) is 4.79 Å². The molecule has 0 bridgehead atoms. The third-order valence-corrected chi connectivity index (χ3v) is 3.19. The topological polar surface area (TPSA) is 111 Å². The van der Waals surface area contributed by atoms with Crippen molar-refractivity contribution in [2.45, 2.75) is 25.7 Å². The van der Waals surface area contributed by atoms with E-state index in [2.05, 4.69) is 10.2 Å². The smallest absolute Gasteiger partial charge is 0.318 e. The van der Waals surface area contributed by atoms with Crippen LogP contribution in [0.3, 0.4) is 0 Å². The number of nitrogens with two attached hydrogens (primary N) is 2. The van der Waals surface area contributed by atoms with Crippen LogP contribution in [0.2, 0.25) is 0 Å². The first-order valence-electron chi connectivity index (χ1n) is 6.24. The molecular formula is C11H19N5O2. The number of hydrogen-bond donors (Lipinski definition) is 2. The normalized spacial score (nSPS) is 17.1. The largest absolute Gasteiger partial charge is 0.408 e. The Morgan fingerprint density at radius 2 is 2.11 bits per heavy atom. The average molecular weight is 253 g/mol. The minimum Gasteiger partial charge on any atom is -0.408 e. The van der Waals surface area contributed by atoms with E-state index in [1.807, 2.05) is 4.90 Å². The Morgan fingerprint density at radius 1 is 1.39 bits per heavy atom. The summed E-state index contributed by atoms with van der Waals surface area (Å²) in [6.07, 6.45) is 2.93.